The molecule has 0 saturated carbocycles. The minimum absolute atomic E-state index is 0.297. The van der Waals surface area contributed by atoms with Gasteiger partial charge in [0.25, 0.3) is 0 Å². The lowest BCUT2D eigenvalue weighted by Crippen LogP contribution is -2.49. The van der Waals surface area contributed by atoms with E-state index in [9.17, 15) is 4.79 Å². The second kappa shape index (κ2) is 5.46. The largest absolute Gasteiger partial charge is 0.464 e. The first-order valence-electron chi connectivity index (χ1n) is 9.60. The average Bonchev–Trinajstić information content (AvgIpc) is 3.37. The van der Waals surface area contributed by atoms with E-state index in [4.69, 9.17) is 4.42 Å². The molecule has 3 saturated heterocycles. The highest BCUT2D eigenvalue weighted by atomic mass is 16.3. The highest BCUT2D eigenvalue weighted by molar-refractivity contribution is 5.90. The number of amides is 1. The second-order valence-electron chi connectivity index (χ2n) is 8.18. The minimum atomic E-state index is -0.297. The summed E-state index contributed by atoms with van der Waals surface area (Å²) in [6, 6.07) is 4.29. The maximum Gasteiger partial charge on any atom is 0.243 e. The Balaban J connectivity index is 1.44. The fraction of sp³-hybridized carbons (Fsp3) is 0.600. The van der Waals surface area contributed by atoms with Crippen LogP contribution in [0.4, 0.5) is 0 Å². The van der Waals surface area contributed by atoms with Gasteiger partial charge >= 0.3 is 0 Å². The highest BCUT2D eigenvalue weighted by Gasteiger charge is 2.65. The summed E-state index contributed by atoms with van der Waals surface area (Å²) < 4.78 is 7.66. The molecule has 0 bridgehead atoms. The zero-order chi connectivity index (χ0) is 18.1. The first kappa shape index (κ1) is 16.1. The molecule has 5 heterocycles. The Labute approximate surface area is 153 Å². The van der Waals surface area contributed by atoms with E-state index >= 15 is 0 Å². The predicted molar refractivity (Wildman–Crippen MR) is 96.3 cm³/mol. The van der Waals surface area contributed by atoms with E-state index in [1.165, 1.54) is 11.3 Å². The van der Waals surface area contributed by atoms with Crippen molar-refractivity contribution in [2.75, 3.05) is 13.1 Å². The summed E-state index contributed by atoms with van der Waals surface area (Å²) in [5.74, 6) is 2.49. The van der Waals surface area contributed by atoms with Gasteiger partial charge in [0, 0.05) is 36.8 Å². The van der Waals surface area contributed by atoms with E-state index in [2.05, 4.69) is 16.9 Å². The number of hydrogen-bond donors (Lipinski definition) is 0. The SMILES string of the molecule is Cc1ccc(CN2C[C@@H]3C[C@@H](c4cnn(C)c4C)N4CCC[C@@]34C2=O)o1. The minimum Gasteiger partial charge on any atom is -0.464 e. The van der Waals surface area contributed by atoms with Crippen LogP contribution in [0.25, 0.3) is 0 Å². The molecular formula is C20H26N4O2. The molecule has 3 aliphatic heterocycles. The molecule has 3 aliphatic rings. The summed E-state index contributed by atoms with van der Waals surface area (Å²) in [6.07, 6.45) is 5.14. The molecule has 6 nitrogen and oxygen atoms in total. The molecule has 3 fully saturated rings. The predicted octanol–water partition coefficient (Wildman–Crippen LogP) is 2.57. The van der Waals surface area contributed by atoms with Crippen molar-refractivity contribution in [2.24, 2.45) is 13.0 Å². The third kappa shape index (κ3) is 2.02. The smallest absolute Gasteiger partial charge is 0.243 e. The van der Waals surface area contributed by atoms with Gasteiger partial charge in [0.15, 0.2) is 0 Å². The molecule has 138 valence electrons. The Bertz CT molecular complexity index is 869. The van der Waals surface area contributed by atoms with E-state index in [0.29, 0.717) is 24.4 Å². The van der Waals surface area contributed by atoms with Crippen molar-refractivity contribution in [1.29, 1.82) is 0 Å². The number of aryl methyl sites for hydroxylation is 2. The Kier molecular flexibility index (Phi) is 3.38. The number of rotatable bonds is 3. The van der Waals surface area contributed by atoms with Gasteiger partial charge in [-0.3, -0.25) is 14.4 Å². The van der Waals surface area contributed by atoms with E-state index in [1.807, 2.05) is 41.9 Å². The Morgan fingerprint density at radius 3 is 2.88 bits per heavy atom. The molecule has 1 amide bonds. The van der Waals surface area contributed by atoms with Crippen LogP contribution in [-0.2, 0) is 18.4 Å². The lowest BCUT2D eigenvalue weighted by Gasteiger charge is -2.33. The lowest BCUT2D eigenvalue weighted by atomic mass is 9.85. The fourth-order valence-corrected chi connectivity index (χ4v) is 5.61. The second-order valence-corrected chi connectivity index (χ2v) is 8.18. The van der Waals surface area contributed by atoms with Crippen molar-refractivity contribution < 1.29 is 9.21 Å². The number of nitrogens with zero attached hydrogens (tertiary/aromatic N) is 4. The number of carbonyl (C=O) groups is 1. The molecular weight excluding hydrogens is 328 g/mol. The normalized spacial score (nSPS) is 31.0. The maximum atomic E-state index is 13.5. The number of aromatic nitrogens is 2. The zero-order valence-electron chi connectivity index (χ0n) is 15.7. The standard InChI is InChI=1S/C20H26N4O2/c1-13-5-6-16(26-13)12-23-11-15-9-18(17-10-21-22(3)14(17)2)24-8-4-7-20(15,24)19(23)25/h5-6,10,15,18H,4,7-9,11-12H2,1-3H3/t15-,18-,20-/m0/s1. The molecule has 6 heteroatoms. The van der Waals surface area contributed by atoms with Crippen molar-refractivity contribution >= 4 is 5.91 Å². The summed E-state index contributed by atoms with van der Waals surface area (Å²) in [5.41, 5.74) is 2.21. The molecule has 26 heavy (non-hydrogen) atoms. The summed E-state index contributed by atoms with van der Waals surface area (Å²) in [4.78, 5) is 18.0. The van der Waals surface area contributed by atoms with Crippen molar-refractivity contribution in [3.63, 3.8) is 0 Å². The quantitative estimate of drug-likeness (QED) is 0.850. The summed E-state index contributed by atoms with van der Waals surface area (Å²) >= 11 is 0. The van der Waals surface area contributed by atoms with Crippen LogP contribution in [-0.4, -0.2) is 44.1 Å². The van der Waals surface area contributed by atoms with Crippen LogP contribution in [0.5, 0.6) is 0 Å². The van der Waals surface area contributed by atoms with E-state index in [1.54, 1.807) is 0 Å². The summed E-state index contributed by atoms with van der Waals surface area (Å²) in [7, 11) is 1.99. The van der Waals surface area contributed by atoms with Crippen molar-refractivity contribution in [3.05, 3.63) is 41.1 Å². The third-order valence-electron chi connectivity index (χ3n) is 6.90. The molecule has 0 unspecified atom stereocenters. The highest BCUT2D eigenvalue weighted by Crippen LogP contribution is 2.56. The van der Waals surface area contributed by atoms with Crippen molar-refractivity contribution in [3.8, 4) is 0 Å². The zero-order valence-corrected chi connectivity index (χ0v) is 15.7. The maximum absolute atomic E-state index is 13.5. The van der Waals surface area contributed by atoms with Crippen LogP contribution in [0, 0.1) is 19.8 Å². The van der Waals surface area contributed by atoms with Gasteiger partial charge in [-0.05, 0) is 51.8 Å². The topological polar surface area (TPSA) is 54.5 Å². The van der Waals surface area contributed by atoms with Crippen LogP contribution >= 0.6 is 0 Å². The van der Waals surface area contributed by atoms with Crippen LogP contribution < -0.4 is 0 Å². The first-order chi connectivity index (χ1) is 12.5. The van der Waals surface area contributed by atoms with Crippen molar-refractivity contribution in [1.82, 2.24) is 19.6 Å². The number of likely N-dealkylation sites (tertiary alicyclic amines) is 1. The number of carbonyl (C=O) groups excluding carboxylic acids is 1. The van der Waals surface area contributed by atoms with Gasteiger partial charge in [-0.1, -0.05) is 0 Å². The van der Waals surface area contributed by atoms with Crippen LogP contribution in [0.2, 0.25) is 0 Å². The van der Waals surface area contributed by atoms with Gasteiger partial charge in [-0.15, -0.1) is 0 Å². The third-order valence-corrected chi connectivity index (χ3v) is 6.90. The van der Waals surface area contributed by atoms with Gasteiger partial charge < -0.3 is 9.32 Å². The molecule has 0 aliphatic carbocycles. The molecule has 0 radical (unpaired) electrons. The molecule has 0 N–H and O–H groups in total. The molecule has 3 atom stereocenters. The Hall–Kier alpha value is -2.08. The van der Waals surface area contributed by atoms with Crippen LogP contribution in [0.1, 0.15) is 48.1 Å². The summed E-state index contributed by atoms with van der Waals surface area (Å²) in [5, 5.41) is 4.44. The molecule has 2 aromatic rings. The van der Waals surface area contributed by atoms with Gasteiger partial charge in [0.2, 0.25) is 5.91 Å². The van der Waals surface area contributed by atoms with E-state index in [-0.39, 0.29) is 5.54 Å². The Morgan fingerprint density at radius 2 is 2.19 bits per heavy atom. The monoisotopic (exact) mass is 354 g/mol. The molecule has 2 aromatic heterocycles. The van der Waals surface area contributed by atoms with Gasteiger partial charge in [-0.2, -0.15) is 5.10 Å². The fourth-order valence-electron chi connectivity index (χ4n) is 5.61. The Morgan fingerprint density at radius 1 is 1.35 bits per heavy atom. The van der Waals surface area contributed by atoms with Gasteiger partial charge in [0.1, 0.15) is 17.1 Å². The van der Waals surface area contributed by atoms with E-state index < -0.39 is 0 Å². The molecule has 5 rings (SSSR count). The molecule has 0 aromatic carbocycles. The van der Waals surface area contributed by atoms with Crippen LogP contribution in [0.3, 0.4) is 0 Å². The first-order valence-corrected chi connectivity index (χ1v) is 9.60. The van der Waals surface area contributed by atoms with Gasteiger partial charge in [-0.25, -0.2) is 0 Å². The number of furan rings is 1. The summed E-state index contributed by atoms with van der Waals surface area (Å²) in [6.45, 7) is 6.52. The van der Waals surface area contributed by atoms with Crippen LogP contribution in [0.15, 0.2) is 22.7 Å². The van der Waals surface area contributed by atoms with Crippen molar-refractivity contribution in [2.45, 2.75) is 51.2 Å². The molecule has 1 spiro atoms. The average molecular weight is 354 g/mol. The number of hydrogen-bond acceptors (Lipinski definition) is 4. The van der Waals surface area contributed by atoms with E-state index in [0.717, 1.165) is 43.9 Å². The van der Waals surface area contributed by atoms with Gasteiger partial charge in [0.05, 0.1) is 12.7 Å². The lowest BCUT2D eigenvalue weighted by molar-refractivity contribution is -0.137.